The van der Waals surface area contributed by atoms with Crippen molar-refractivity contribution < 1.29 is 0 Å². The first-order valence-electron chi connectivity index (χ1n) is 17.6. The highest BCUT2D eigenvalue weighted by Gasteiger charge is 2.38. The van der Waals surface area contributed by atoms with Crippen LogP contribution in [0.2, 0.25) is 0 Å². The summed E-state index contributed by atoms with van der Waals surface area (Å²) >= 11 is 0. The van der Waals surface area contributed by atoms with Gasteiger partial charge in [0.2, 0.25) is 0 Å². The quantitative estimate of drug-likeness (QED) is 0.106. The zero-order chi connectivity index (χ0) is 36.2. The Morgan fingerprint density at radius 1 is 0.843 bits per heavy atom. The van der Waals surface area contributed by atoms with E-state index in [-0.39, 0.29) is 0 Å². The van der Waals surface area contributed by atoms with E-state index < -0.39 is 5.41 Å². The molecule has 0 N–H and O–H groups in total. The molecule has 252 valence electrons. The smallest absolute Gasteiger partial charge is 0.149 e. The van der Waals surface area contributed by atoms with Crippen LogP contribution in [0.3, 0.4) is 0 Å². The van der Waals surface area contributed by atoms with Gasteiger partial charge in [-0.3, -0.25) is 0 Å². The van der Waals surface area contributed by atoms with E-state index in [2.05, 4.69) is 183 Å². The number of nitrogens with zero attached hydrogens (tertiary/aromatic N) is 2. The van der Waals surface area contributed by atoms with Crippen LogP contribution in [0, 0.1) is 6.07 Å². The van der Waals surface area contributed by atoms with Crippen molar-refractivity contribution >= 4 is 17.4 Å². The number of benzene rings is 4. The summed E-state index contributed by atoms with van der Waals surface area (Å²) in [6.07, 6.45) is 19.2. The Kier molecular flexibility index (Phi) is 12.1. The predicted octanol–water partition coefficient (Wildman–Crippen LogP) is 13.6. The molecular weight excluding hydrogens is 617 g/mol. The molecule has 0 bridgehead atoms. The van der Waals surface area contributed by atoms with Crippen LogP contribution in [0.5, 0.6) is 0 Å². The zero-order valence-corrected chi connectivity index (χ0v) is 30.5. The Bertz CT molecular complexity index is 2190. The van der Waals surface area contributed by atoms with E-state index in [1.807, 2.05) is 26.0 Å². The number of rotatable bonds is 12. The Balaban J connectivity index is 1.81. The highest BCUT2D eigenvalue weighted by Crippen LogP contribution is 2.45. The van der Waals surface area contributed by atoms with Crippen LogP contribution in [0.25, 0.3) is 38.2 Å². The Morgan fingerprint density at radius 2 is 1.53 bits per heavy atom. The lowest BCUT2D eigenvalue weighted by molar-refractivity contribution is 0.600. The normalized spacial score (nSPS) is 16.7. The summed E-state index contributed by atoms with van der Waals surface area (Å²) in [6.45, 7) is 18.9. The largest absolute Gasteiger partial charge is 0.425 e. The van der Waals surface area contributed by atoms with Crippen molar-refractivity contribution in [2.45, 2.75) is 46.5 Å². The molecular formula is C49H47N2+. The average Bonchev–Trinajstić information content (AvgIpc) is 3.33. The molecule has 2 nitrogen and oxygen atoms in total. The Morgan fingerprint density at radius 3 is 2.22 bits per heavy atom. The molecule has 0 aromatic heterocycles. The highest BCUT2D eigenvalue weighted by molar-refractivity contribution is 5.89. The van der Waals surface area contributed by atoms with E-state index in [9.17, 15) is 0 Å². The van der Waals surface area contributed by atoms with Crippen molar-refractivity contribution in [3.05, 3.63) is 209 Å². The first kappa shape index (κ1) is 36.2. The second-order valence-electron chi connectivity index (χ2n) is 12.6. The molecule has 0 fully saturated rings. The SMILES string of the molecule is C=C/C=C\C(=C/C)C(=C)/C=C(\C=C(/C)c1ccccc1)c1cc(-c2ccccc2)cc(-c2ccccc2C2(CC)C=CC#[N+]C(N=CC)=C2C)c1. The molecule has 0 aliphatic carbocycles. The highest BCUT2D eigenvalue weighted by atomic mass is 14.9. The average molecular weight is 664 g/mol. The number of hydrogen-bond donors (Lipinski definition) is 0. The number of allylic oxidation sites excluding steroid dienone is 13. The van der Waals surface area contributed by atoms with Crippen molar-refractivity contribution in [3.8, 4) is 28.3 Å². The van der Waals surface area contributed by atoms with Gasteiger partial charge in [-0.05, 0) is 125 Å². The van der Waals surface area contributed by atoms with E-state index >= 15 is 0 Å². The van der Waals surface area contributed by atoms with E-state index in [0.717, 1.165) is 56.5 Å². The van der Waals surface area contributed by atoms with Crippen molar-refractivity contribution in [3.63, 3.8) is 0 Å². The van der Waals surface area contributed by atoms with Crippen molar-refractivity contribution in [2.24, 2.45) is 4.99 Å². The third kappa shape index (κ3) is 8.23. The fourth-order valence-electron chi connectivity index (χ4n) is 6.73. The lowest BCUT2D eigenvalue weighted by Crippen LogP contribution is -2.26. The molecule has 0 amide bonds. The third-order valence-corrected chi connectivity index (χ3v) is 9.54. The molecule has 0 saturated heterocycles. The minimum absolute atomic E-state index is 0.427. The van der Waals surface area contributed by atoms with Crippen LogP contribution in [0.4, 0.5) is 0 Å². The summed E-state index contributed by atoms with van der Waals surface area (Å²) in [4.78, 5) is 9.24. The zero-order valence-electron chi connectivity index (χ0n) is 30.5. The minimum atomic E-state index is -0.427. The van der Waals surface area contributed by atoms with Gasteiger partial charge in [0.25, 0.3) is 0 Å². The molecule has 1 aliphatic rings. The molecule has 4 aromatic carbocycles. The monoisotopic (exact) mass is 663 g/mol. The molecule has 1 unspecified atom stereocenters. The second kappa shape index (κ2) is 17.1. The number of aliphatic imine (C=N–C) groups is 1. The number of hydrogen-bond acceptors (Lipinski definition) is 1. The van der Waals surface area contributed by atoms with Gasteiger partial charge in [-0.1, -0.05) is 141 Å². The van der Waals surface area contributed by atoms with Gasteiger partial charge in [-0.25, -0.2) is 0 Å². The van der Waals surface area contributed by atoms with Crippen molar-refractivity contribution in [1.29, 1.82) is 0 Å². The van der Waals surface area contributed by atoms with Gasteiger partial charge < -0.3 is 0 Å². The van der Waals surface area contributed by atoms with Gasteiger partial charge in [-0.15, -0.1) is 4.85 Å². The van der Waals surface area contributed by atoms with Gasteiger partial charge in [0.1, 0.15) is 6.21 Å². The fraction of sp³-hybridized carbons (Fsp3) is 0.143. The van der Waals surface area contributed by atoms with E-state index in [1.54, 1.807) is 12.3 Å². The van der Waals surface area contributed by atoms with Crippen LogP contribution in [-0.4, -0.2) is 6.21 Å². The molecule has 4 aromatic rings. The lowest BCUT2D eigenvalue weighted by Gasteiger charge is -2.31. The molecule has 1 aliphatic heterocycles. The van der Waals surface area contributed by atoms with Crippen LogP contribution < -0.4 is 0 Å². The maximum atomic E-state index is 4.66. The van der Waals surface area contributed by atoms with E-state index in [0.29, 0.717) is 5.82 Å². The van der Waals surface area contributed by atoms with Gasteiger partial charge in [-0.2, -0.15) is 0 Å². The minimum Gasteiger partial charge on any atom is -0.149 e. The molecule has 2 heteroatoms. The molecule has 5 rings (SSSR count). The van der Waals surface area contributed by atoms with Crippen LogP contribution >= 0.6 is 0 Å². The van der Waals surface area contributed by atoms with Crippen LogP contribution in [0.1, 0.15) is 57.7 Å². The van der Waals surface area contributed by atoms with Gasteiger partial charge in [0, 0.05) is 11.5 Å². The van der Waals surface area contributed by atoms with E-state index in [1.165, 1.54) is 16.7 Å². The maximum absolute atomic E-state index is 4.66. The summed E-state index contributed by atoms with van der Waals surface area (Å²) < 4.78 is 0. The summed E-state index contributed by atoms with van der Waals surface area (Å²) in [5.41, 5.74) is 12.9. The van der Waals surface area contributed by atoms with Crippen molar-refractivity contribution in [1.82, 2.24) is 0 Å². The van der Waals surface area contributed by atoms with Crippen LogP contribution in [0.15, 0.2) is 192 Å². The van der Waals surface area contributed by atoms with Crippen LogP contribution in [-0.2, 0) is 5.41 Å². The molecule has 0 spiro atoms. The molecule has 1 atom stereocenters. The standard InChI is InChI=1S/C49H47N2/c1-8-12-22-39(9-2)36(5)31-42(32-37(6)40-23-15-13-16-24-40)44-33-43(41-25-17-14-18-26-41)34-45(35-44)46-27-19-20-28-47(46)49(10-3)29-21-30-51-48(38(49)7)50-11-4/h8-9,11-29,31-35H,1,5,10H2,2-4,6-7H3/q+1/b22-12-,37-32+,39-9+,42-31+,50-11?. The summed E-state index contributed by atoms with van der Waals surface area (Å²) in [5.74, 6) is 0.702. The summed E-state index contributed by atoms with van der Waals surface area (Å²) in [7, 11) is 0. The third-order valence-electron chi connectivity index (χ3n) is 9.54. The van der Waals surface area contributed by atoms with Gasteiger partial charge in [0.15, 0.2) is 6.07 Å². The maximum Gasteiger partial charge on any atom is 0.425 e. The summed E-state index contributed by atoms with van der Waals surface area (Å²) in [5, 5.41) is 0. The van der Waals surface area contributed by atoms with Crippen molar-refractivity contribution in [2.75, 3.05) is 0 Å². The van der Waals surface area contributed by atoms with Gasteiger partial charge >= 0.3 is 5.82 Å². The molecule has 0 radical (unpaired) electrons. The predicted molar refractivity (Wildman–Crippen MR) is 223 cm³/mol. The Labute approximate surface area is 305 Å². The first-order chi connectivity index (χ1) is 24.8. The fourth-order valence-corrected chi connectivity index (χ4v) is 6.73. The lowest BCUT2D eigenvalue weighted by atomic mass is 9.69. The summed E-state index contributed by atoms with van der Waals surface area (Å²) in [6, 6.07) is 39.9. The first-order valence-corrected chi connectivity index (χ1v) is 17.6. The molecule has 0 saturated carbocycles. The van der Waals surface area contributed by atoms with Gasteiger partial charge in [0.05, 0.1) is 5.57 Å². The Hall–Kier alpha value is -6.04. The molecule has 1 heterocycles. The topological polar surface area (TPSA) is 16.7 Å². The second-order valence-corrected chi connectivity index (χ2v) is 12.6. The molecule has 51 heavy (non-hydrogen) atoms. The van der Waals surface area contributed by atoms with E-state index in [4.69, 9.17) is 0 Å².